The molecule has 4 heteroatoms. The number of aromatic hydroxyl groups is 1. The third-order valence-corrected chi connectivity index (χ3v) is 2.53. The molecule has 0 radical (unpaired) electrons. The van der Waals surface area contributed by atoms with E-state index in [1.54, 1.807) is 19.1 Å². The van der Waals surface area contributed by atoms with E-state index >= 15 is 0 Å². The van der Waals surface area contributed by atoms with Gasteiger partial charge in [-0.05, 0) is 30.0 Å². The highest BCUT2D eigenvalue weighted by atomic mass is 16.3. The molecule has 1 rings (SSSR count). The Hall–Kier alpha value is -1.55. The van der Waals surface area contributed by atoms with E-state index in [2.05, 4.69) is 26.1 Å². The van der Waals surface area contributed by atoms with Crippen LogP contribution in [-0.4, -0.2) is 17.1 Å². The monoisotopic (exact) mass is 236 g/mol. The minimum absolute atomic E-state index is 0.0402. The number of phenols is 1. The number of amides is 1. The zero-order chi connectivity index (χ0) is 13.2. The van der Waals surface area contributed by atoms with Gasteiger partial charge >= 0.3 is 0 Å². The van der Waals surface area contributed by atoms with E-state index in [9.17, 15) is 9.90 Å². The quantitative estimate of drug-likeness (QED) is 0.687. The maximum atomic E-state index is 11.5. The highest BCUT2D eigenvalue weighted by Gasteiger charge is 2.17. The molecule has 1 atom stereocenters. The lowest BCUT2D eigenvalue weighted by Crippen LogP contribution is -2.32. The van der Waals surface area contributed by atoms with E-state index in [1.165, 1.54) is 0 Å². The van der Waals surface area contributed by atoms with E-state index < -0.39 is 6.04 Å². The number of nitrogens with two attached hydrogens (primary N) is 1. The molecule has 0 fully saturated rings. The molecule has 94 valence electrons. The van der Waals surface area contributed by atoms with E-state index in [0.29, 0.717) is 5.69 Å². The first-order chi connectivity index (χ1) is 7.71. The van der Waals surface area contributed by atoms with Crippen molar-refractivity contribution < 1.29 is 9.90 Å². The second kappa shape index (κ2) is 4.75. The fourth-order valence-corrected chi connectivity index (χ4v) is 1.35. The largest absolute Gasteiger partial charge is 0.506 e. The van der Waals surface area contributed by atoms with Gasteiger partial charge in [0, 0.05) is 0 Å². The number of carbonyl (C=O) groups is 1. The average Bonchev–Trinajstić information content (AvgIpc) is 2.19. The van der Waals surface area contributed by atoms with Gasteiger partial charge in [-0.2, -0.15) is 0 Å². The molecule has 1 aromatic carbocycles. The predicted molar refractivity (Wildman–Crippen MR) is 69.1 cm³/mol. The van der Waals surface area contributed by atoms with Crippen LogP contribution in [0.5, 0.6) is 5.75 Å². The first-order valence-electron chi connectivity index (χ1n) is 5.62. The number of nitrogens with one attached hydrogen (secondary N) is 1. The van der Waals surface area contributed by atoms with Crippen LogP contribution in [0.4, 0.5) is 5.69 Å². The highest BCUT2D eigenvalue weighted by molar-refractivity contribution is 5.95. The molecule has 4 nitrogen and oxygen atoms in total. The first kappa shape index (κ1) is 13.5. The molecule has 17 heavy (non-hydrogen) atoms. The molecule has 4 N–H and O–H groups in total. The van der Waals surface area contributed by atoms with Crippen LogP contribution in [0.3, 0.4) is 0 Å². The summed E-state index contributed by atoms with van der Waals surface area (Å²) in [5.41, 5.74) is 6.86. The van der Waals surface area contributed by atoms with Crippen LogP contribution in [0.15, 0.2) is 18.2 Å². The van der Waals surface area contributed by atoms with Gasteiger partial charge < -0.3 is 16.2 Å². The second-order valence-corrected chi connectivity index (χ2v) is 5.26. The van der Waals surface area contributed by atoms with Gasteiger partial charge in [0.05, 0.1) is 11.7 Å². The smallest absolute Gasteiger partial charge is 0.241 e. The van der Waals surface area contributed by atoms with E-state index in [0.717, 1.165) is 5.56 Å². The number of phenolic OH excluding ortho intramolecular Hbond substituents is 1. The molecule has 0 saturated carbocycles. The van der Waals surface area contributed by atoms with Crippen LogP contribution in [0.2, 0.25) is 0 Å². The van der Waals surface area contributed by atoms with Gasteiger partial charge in [0.1, 0.15) is 5.75 Å². The number of benzene rings is 1. The first-order valence-corrected chi connectivity index (χ1v) is 5.62. The molecular formula is C13H20N2O2. The summed E-state index contributed by atoms with van der Waals surface area (Å²) in [4.78, 5) is 11.5. The third kappa shape index (κ3) is 3.46. The second-order valence-electron chi connectivity index (χ2n) is 5.26. The van der Waals surface area contributed by atoms with Crippen molar-refractivity contribution in [2.45, 2.75) is 39.2 Å². The molecule has 1 unspecified atom stereocenters. The summed E-state index contributed by atoms with van der Waals surface area (Å²) >= 11 is 0. The summed E-state index contributed by atoms with van der Waals surface area (Å²) in [6.07, 6.45) is 0. The Labute approximate surface area is 102 Å². The van der Waals surface area contributed by atoms with Crippen LogP contribution in [0.25, 0.3) is 0 Å². The van der Waals surface area contributed by atoms with Crippen molar-refractivity contribution in [3.8, 4) is 5.75 Å². The number of rotatable bonds is 2. The van der Waals surface area contributed by atoms with Gasteiger partial charge in [0.15, 0.2) is 0 Å². The number of hydrogen-bond acceptors (Lipinski definition) is 3. The van der Waals surface area contributed by atoms with Crippen LogP contribution in [-0.2, 0) is 10.2 Å². The Morgan fingerprint density at radius 3 is 2.47 bits per heavy atom. The van der Waals surface area contributed by atoms with Crippen molar-refractivity contribution in [1.29, 1.82) is 0 Å². The molecule has 0 heterocycles. The summed E-state index contributed by atoms with van der Waals surface area (Å²) in [5, 5.41) is 12.3. The summed E-state index contributed by atoms with van der Waals surface area (Å²) in [6, 6.07) is 4.59. The summed E-state index contributed by atoms with van der Waals surface area (Å²) in [6.45, 7) is 7.80. The normalized spacial score (nSPS) is 13.2. The topological polar surface area (TPSA) is 75.4 Å². The molecule has 0 aliphatic rings. The highest BCUT2D eigenvalue weighted by Crippen LogP contribution is 2.30. The van der Waals surface area contributed by atoms with E-state index in [4.69, 9.17) is 5.73 Å². The molecule has 0 aliphatic carbocycles. The van der Waals surface area contributed by atoms with Crippen molar-refractivity contribution in [3.63, 3.8) is 0 Å². The molecule has 1 amide bonds. The Morgan fingerprint density at radius 1 is 1.41 bits per heavy atom. The lowest BCUT2D eigenvalue weighted by atomic mass is 9.87. The van der Waals surface area contributed by atoms with Crippen molar-refractivity contribution in [2.24, 2.45) is 5.73 Å². The Balaban J connectivity index is 3.03. The van der Waals surface area contributed by atoms with Gasteiger partial charge in [0.2, 0.25) is 5.91 Å². The van der Waals surface area contributed by atoms with E-state index in [1.807, 2.05) is 6.07 Å². The fourth-order valence-electron chi connectivity index (χ4n) is 1.35. The molecule has 0 saturated heterocycles. The zero-order valence-electron chi connectivity index (χ0n) is 10.7. The van der Waals surface area contributed by atoms with Gasteiger partial charge in [-0.1, -0.05) is 26.8 Å². The SMILES string of the molecule is CC(N)C(=O)Nc1cc(C(C)(C)C)ccc1O. The molecule has 1 aromatic rings. The maximum absolute atomic E-state index is 11.5. The summed E-state index contributed by atoms with van der Waals surface area (Å²) < 4.78 is 0. The number of hydrogen-bond donors (Lipinski definition) is 3. The van der Waals surface area contributed by atoms with Crippen LogP contribution >= 0.6 is 0 Å². The van der Waals surface area contributed by atoms with Crippen LogP contribution < -0.4 is 11.1 Å². The third-order valence-electron chi connectivity index (χ3n) is 2.53. The van der Waals surface area contributed by atoms with Crippen molar-refractivity contribution >= 4 is 11.6 Å². The molecule has 0 aromatic heterocycles. The molecule has 0 spiro atoms. The van der Waals surface area contributed by atoms with Crippen molar-refractivity contribution in [3.05, 3.63) is 23.8 Å². The van der Waals surface area contributed by atoms with Crippen molar-refractivity contribution in [2.75, 3.05) is 5.32 Å². The molecular weight excluding hydrogens is 216 g/mol. The predicted octanol–water partition coefficient (Wildman–Crippen LogP) is 1.98. The number of carbonyl (C=O) groups excluding carboxylic acids is 1. The Morgan fingerprint density at radius 2 is 2.00 bits per heavy atom. The van der Waals surface area contributed by atoms with Gasteiger partial charge in [-0.3, -0.25) is 4.79 Å². The Kier molecular flexibility index (Phi) is 3.78. The maximum Gasteiger partial charge on any atom is 0.241 e. The lowest BCUT2D eigenvalue weighted by molar-refractivity contribution is -0.117. The molecule has 0 aliphatic heterocycles. The summed E-state index contributed by atoms with van der Waals surface area (Å²) in [7, 11) is 0. The van der Waals surface area contributed by atoms with Crippen LogP contribution in [0.1, 0.15) is 33.3 Å². The molecule has 0 bridgehead atoms. The standard InChI is InChI=1S/C13H20N2O2/c1-8(14)12(17)15-10-7-9(13(2,3)4)5-6-11(10)16/h5-8,16H,14H2,1-4H3,(H,15,17). The lowest BCUT2D eigenvalue weighted by Gasteiger charge is -2.20. The zero-order valence-corrected chi connectivity index (χ0v) is 10.7. The van der Waals surface area contributed by atoms with Gasteiger partial charge in [-0.15, -0.1) is 0 Å². The van der Waals surface area contributed by atoms with Gasteiger partial charge in [0.25, 0.3) is 0 Å². The number of anilines is 1. The fraction of sp³-hybridized carbons (Fsp3) is 0.462. The minimum atomic E-state index is -0.604. The Bertz CT molecular complexity index is 420. The average molecular weight is 236 g/mol. The van der Waals surface area contributed by atoms with Crippen molar-refractivity contribution in [1.82, 2.24) is 0 Å². The van der Waals surface area contributed by atoms with E-state index in [-0.39, 0.29) is 17.1 Å². The summed E-state index contributed by atoms with van der Waals surface area (Å²) in [5.74, 6) is -0.265. The van der Waals surface area contributed by atoms with Gasteiger partial charge in [-0.25, -0.2) is 0 Å². The van der Waals surface area contributed by atoms with Crippen LogP contribution in [0, 0.1) is 0 Å². The minimum Gasteiger partial charge on any atom is -0.506 e.